The number of hydrogen-bond donors (Lipinski definition) is 0. The van der Waals surface area contributed by atoms with Gasteiger partial charge in [0.25, 0.3) is 0 Å². The summed E-state index contributed by atoms with van der Waals surface area (Å²) in [6.07, 6.45) is 1.89. The number of para-hydroxylation sites is 1. The Balaban J connectivity index is 2.61. The zero-order valence-corrected chi connectivity index (χ0v) is 13.5. The number of nitrogens with zero attached hydrogens (tertiary/aromatic N) is 2. The Bertz CT molecular complexity index is 722. The maximum absolute atomic E-state index is 11.6. The number of alkyl halides is 1. The van der Waals surface area contributed by atoms with Crippen LogP contribution in [0.2, 0.25) is 0 Å². The maximum atomic E-state index is 11.6. The van der Waals surface area contributed by atoms with Crippen molar-refractivity contribution in [1.29, 1.82) is 0 Å². The molecule has 0 saturated carbocycles. The van der Waals surface area contributed by atoms with Crippen LogP contribution in [0.3, 0.4) is 0 Å². The molecule has 1 heterocycles. The summed E-state index contributed by atoms with van der Waals surface area (Å²) in [5.74, 6) is 1.41. The van der Waals surface area contributed by atoms with E-state index in [4.69, 9.17) is 11.6 Å². The molecule has 1 atom stereocenters. The molecule has 0 saturated heterocycles. The van der Waals surface area contributed by atoms with Crippen molar-refractivity contribution < 1.29 is 8.42 Å². The van der Waals surface area contributed by atoms with Gasteiger partial charge in [0.1, 0.15) is 15.7 Å². The summed E-state index contributed by atoms with van der Waals surface area (Å²) in [5.41, 5.74) is 2.99. The molecule has 4 nitrogen and oxygen atoms in total. The predicted molar refractivity (Wildman–Crippen MR) is 83.3 cm³/mol. The summed E-state index contributed by atoms with van der Waals surface area (Å²) in [6.45, 7) is 3.92. The van der Waals surface area contributed by atoms with Crippen LogP contribution in [0.15, 0.2) is 18.2 Å². The lowest BCUT2D eigenvalue weighted by Crippen LogP contribution is -2.19. The second kappa shape index (κ2) is 5.74. The van der Waals surface area contributed by atoms with Crippen molar-refractivity contribution in [2.24, 2.45) is 0 Å². The fourth-order valence-electron chi connectivity index (χ4n) is 2.62. The number of aromatic nitrogens is 2. The highest BCUT2D eigenvalue weighted by Gasteiger charge is 2.20. The largest absolute Gasteiger partial charge is 0.324 e. The average Bonchev–Trinajstić information content (AvgIpc) is 2.67. The number of benzene rings is 1. The Morgan fingerprint density at radius 2 is 2.10 bits per heavy atom. The molecule has 1 unspecified atom stereocenters. The van der Waals surface area contributed by atoms with Crippen molar-refractivity contribution in [3.05, 3.63) is 29.6 Å². The Morgan fingerprint density at radius 1 is 1.40 bits per heavy atom. The summed E-state index contributed by atoms with van der Waals surface area (Å²) < 4.78 is 25.2. The summed E-state index contributed by atoms with van der Waals surface area (Å²) >= 11 is 5.84. The molecule has 0 aliphatic heterocycles. The Kier molecular flexibility index (Phi) is 4.39. The number of hydrogen-bond acceptors (Lipinski definition) is 3. The molecule has 0 N–H and O–H groups in total. The van der Waals surface area contributed by atoms with Gasteiger partial charge >= 0.3 is 0 Å². The lowest BCUT2D eigenvalue weighted by atomic mass is 10.2. The number of imidazole rings is 1. The second-order valence-corrected chi connectivity index (χ2v) is 7.78. The smallest absolute Gasteiger partial charge is 0.149 e. The van der Waals surface area contributed by atoms with Crippen molar-refractivity contribution in [3.8, 4) is 0 Å². The van der Waals surface area contributed by atoms with E-state index in [9.17, 15) is 8.42 Å². The molecule has 0 aliphatic carbocycles. The van der Waals surface area contributed by atoms with Crippen LogP contribution in [0.1, 0.15) is 24.4 Å². The van der Waals surface area contributed by atoms with E-state index in [1.807, 2.05) is 36.6 Å². The molecular formula is C14H19ClN2O2S. The zero-order chi connectivity index (χ0) is 14.9. The third-order valence-corrected chi connectivity index (χ3v) is 4.56. The van der Waals surface area contributed by atoms with E-state index < -0.39 is 9.84 Å². The quantitative estimate of drug-likeness (QED) is 0.797. The standard InChI is InChI=1S/C14H19ClN2O2S/c1-10-5-4-6-12-14(10)17(13(16-12)7-8-15)11(2)9-20(3,18)19/h4-6,11H,7-9H2,1-3H3. The molecule has 2 aromatic rings. The summed E-state index contributed by atoms with van der Waals surface area (Å²) in [7, 11) is -3.04. The monoisotopic (exact) mass is 314 g/mol. The van der Waals surface area contributed by atoms with E-state index in [1.165, 1.54) is 6.26 Å². The van der Waals surface area contributed by atoms with Crippen LogP contribution in [0.5, 0.6) is 0 Å². The van der Waals surface area contributed by atoms with Gasteiger partial charge in [0.05, 0.1) is 16.8 Å². The van der Waals surface area contributed by atoms with Crippen LogP contribution in [-0.2, 0) is 16.3 Å². The first-order valence-electron chi connectivity index (χ1n) is 6.53. The van der Waals surface area contributed by atoms with E-state index in [2.05, 4.69) is 4.98 Å². The molecule has 0 aliphatic rings. The maximum Gasteiger partial charge on any atom is 0.149 e. The van der Waals surface area contributed by atoms with Crippen molar-refractivity contribution in [1.82, 2.24) is 9.55 Å². The third kappa shape index (κ3) is 3.15. The number of rotatable bonds is 5. The van der Waals surface area contributed by atoms with E-state index in [1.54, 1.807) is 0 Å². The first kappa shape index (κ1) is 15.3. The predicted octanol–water partition coefficient (Wildman–Crippen LogP) is 2.73. The topological polar surface area (TPSA) is 52.0 Å². The van der Waals surface area contributed by atoms with Gasteiger partial charge in [0.2, 0.25) is 0 Å². The molecular weight excluding hydrogens is 296 g/mol. The minimum Gasteiger partial charge on any atom is -0.324 e. The van der Waals surface area contributed by atoms with Gasteiger partial charge < -0.3 is 4.57 Å². The molecule has 1 aromatic heterocycles. The first-order chi connectivity index (χ1) is 9.33. The second-order valence-electron chi connectivity index (χ2n) is 5.22. The molecule has 1 aromatic carbocycles. The van der Waals surface area contributed by atoms with Gasteiger partial charge in [-0.1, -0.05) is 12.1 Å². The highest BCUT2D eigenvalue weighted by molar-refractivity contribution is 7.90. The van der Waals surface area contributed by atoms with Crippen LogP contribution in [0, 0.1) is 6.92 Å². The summed E-state index contributed by atoms with van der Waals surface area (Å²) in [4.78, 5) is 4.60. The van der Waals surface area contributed by atoms with Crippen LogP contribution < -0.4 is 0 Å². The SMILES string of the molecule is Cc1cccc2nc(CCCl)n(C(C)CS(C)(=O)=O)c12. The van der Waals surface area contributed by atoms with Crippen LogP contribution in [0.4, 0.5) is 0 Å². The van der Waals surface area contributed by atoms with Crippen LogP contribution in [0.25, 0.3) is 11.0 Å². The van der Waals surface area contributed by atoms with Gasteiger partial charge in [-0.2, -0.15) is 0 Å². The Labute approximate surface area is 124 Å². The van der Waals surface area contributed by atoms with Crippen molar-refractivity contribution in [3.63, 3.8) is 0 Å². The normalized spacial score (nSPS) is 13.8. The average molecular weight is 315 g/mol. The van der Waals surface area contributed by atoms with Gasteiger partial charge in [0, 0.05) is 24.6 Å². The first-order valence-corrected chi connectivity index (χ1v) is 9.13. The van der Waals surface area contributed by atoms with Gasteiger partial charge in [-0.05, 0) is 25.5 Å². The molecule has 0 fully saturated rings. The lowest BCUT2D eigenvalue weighted by molar-refractivity contribution is 0.557. The number of aryl methyl sites for hydroxylation is 2. The molecule has 2 rings (SSSR count). The zero-order valence-electron chi connectivity index (χ0n) is 11.9. The van der Waals surface area contributed by atoms with Gasteiger partial charge in [-0.3, -0.25) is 0 Å². The summed E-state index contributed by atoms with van der Waals surface area (Å²) in [5, 5.41) is 0. The van der Waals surface area contributed by atoms with Crippen molar-refractivity contribution in [2.45, 2.75) is 26.3 Å². The highest BCUT2D eigenvalue weighted by Crippen LogP contribution is 2.25. The fraction of sp³-hybridized carbons (Fsp3) is 0.500. The van der Waals surface area contributed by atoms with Gasteiger partial charge in [-0.15, -0.1) is 11.6 Å². The van der Waals surface area contributed by atoms with Gasteiger partial charge in [0.15, 0.2) is 0 Å². The Hall–Kier alpha value is -1.07. The number of fused-ring (bicyclic) bond motifs is 1. The minimum absolute atomic E-state index is 0.0993. The number of halogens is 1. The summed E-state index contributed by atoms with van der Waals surface area (Å²) in [6, 6.07) is 5.76. The minimum atomic E-state index is -3.04. The molecule has 110 valence electrons. The van der Waals surface area contributed by atoms with E-state index in [0.717, 1.165) is 22.4 Å². The molecule has 6 heteroatoms. The van der Waals surface area contributed by atoms with E-state index in [0.29, 0.717) is 12.3 Å². The lowest BCUT2D eigenvalue weighted by Gasteiger charge is -2.17. The third-order valence-electron chi connectivity index (χ3n) is 3.29. The number of sulfone groups is 1. The molecule has 0 amide bonds. The van der Waals surface area contributed by atoms with Crippen LogP contribution in [-0.4, -0.2) is 35.9 Å². The van der Waals surface area contributed by atoms with E-state index in [-0.39, 0.29) is 11.8 Å². The molecule has 0 radical (unpaired) electrons. The molecule has 20 heavy (non-hydrogen) atoms. The molecule has 0 spiro atoms. The van der Waals surface area contributed by atoms with Gasteiger partial charge in [-0.25, -0.2) is 13.4 Å². The molecule has 0 bridgehead atoms. The highest BCUT2D eigenvalue weighted by atomic mass is 35.5. The van der Waals surface area contributed by atoms with Crippen molar-refractivity contribution in [2.75, 3.05) is 17.9 Å². The van der Waals surface area contributed by atoms with E-state index >= 15 is 0 Å². The van der Waals surface area contributed by atoms with Crippen molar-refractivity contribution >= 4 is 32.5 Å². The Morgan fingerprint density at radius 3 is 2.70 bits per heavy atom. The fourth-order valence-corrected chi connectivity index (χ4v) is 3.81. The van der Waals surface area contributed by atoms with Crippen LogP contribution >= 0.6 is 11.6 Å².